The zero-order valence-corrected chi connectivity index (χ0v) is 16.3. The Kier molecular flexibility index (Phi) is 6.24. The Morgan fingerprint density at radius 3 is 1.05 bits per heavy atom. The zero-order chi connectivity index (χ0) is 15.5. The maximum absolute atomic E-state index is 6.07. The van der Waals surface area contributed by atoms with E-state index < -0.39 is 22.8 Å². The summed E-state index contributed by atoms with van der Waals surface area (Å²) < 4.78 is 23.6. The molecule has 0 aliphatic carbocycles. The summed E-state index contributed by atoms with van der Waals surface area (Å²) in [5, 5.41) is 0. The van der Waals surface area contributed by atoms with Crippen molar-refractivity contribution in [1.82, 2.24) is 0 Å². The third-order valence-corrected chi connectivity index (χ3v) is 1.99. The van der Waals surface area contributed by atoms with Crippen molar-refractivity contribution < 1.29 is 18.6 Å². The molecule has 0 saturated carbocycles. The third kappa shape index (κ3) is 9.57. The molecule has 0 aliphatic rings. The lowest BCUT2D eigenvalue weighted by atomic mass is 10.1. The van der Waals surface area contributed by atoms with Crippen LogP contribution >= 0.6 is 0 Å². The van der Waals surface area contributed by atoms with Gasteiger partial charge in [-0.3, -0.25) is 0 Å². The molecule has 0 fully saturated rings. The molecule has 0 aromatic heterocycles. The lowest BCUT2D eigenvalue weighted by Crippen LogP contribution is -2.55. The van der Waals surface area contributed by atoms with Crippen LogP contribution in [-0.2, 0) is 18.6 Å². The first kappa shape index (κ1) is 19.1. The average Bonchev–Trinajstić information content (AvgIpc) is 1.90. The number of rotatable bonds is 5. The largest absolute Gasteiger partial charge is 0.420 e. The highest BCUT2D eigenvalue weighted by Gasteiger charge is 2.44. The molecule has 0 aromatic rings. The quantitative estimate of drug-likeness (QED) is 0.576. The van der Waals surface area contributed by atoms with E-state index in [9.17, 15) is 0 Å². The molecule has 0 unspecified atom stereocenters. The van der Waals surface area contributed by atoms with Gasteiger partial charge in [0.1, 0.15) is 17.1 Å². The van der Waals surface area contributed by atoms with Crippen molar-refractivity contribution >= 4 is 10.5 Å². The molecule has 19 heavy (non-hydrogen) atoms. The lowest BCUT2D eigenvalue weighted by Gasteiger charge is -2.44. The van der Waals surface area contributed by atoms with E-state index >= 15 is 0 Å². The van der Waals surface area contributed by atoms with Crippen LogP contribution in [0.25, 0.3) is 0 Å². The van der Waals surface area contributed by atoms with E-state index in [2.05, 4.69) is 0 Å². The zero-order valence-electron chi connectivity index (χ0n) is 14.3. The Bertz CT molecular complexity index is 230. The van der Waals surface area contributed by atoms with Crippen molar-refractivity contribution in [2.75, 3.05) is 6.61 Å². The highest BCUT2D eigenvalue weighted by Crippen LogP contribution is 2.32. The van der Waals surface area contributed by atoms with Crippen LogP contribution in [0.15, 0.2) is 0 Å². The molecule has 0 radical (unpaired) electrons. The summed E-state index contributed by atoms with van der Waals surface area (Å²) in [6, 6.07) is 0. The molecule has 0 spiro atoms. The fraction of sp³-hybridized carbons (Fsp3) is 1.00. The maximum atomic E-state index is 6.07. The van der Waals surface area contributed by atoms with Crippen molar-refractivity contribution in [2.24, 2.45) is 0 Å². The minimum absolute atomic E-state index is 0.269. The molecule has 0 aliphatic heterocycles. The predicted octanol–water partition coefficient (Wildman–Crippen LogP) is 2.38. The molecular weight excluding hydrogens is 260 g/mol. The first-order valence-electron chi connectivity index (χ1n) is 6.78. The van der Waals surface area contributed by atoms with Gasteiger partial charge in [0, 0.05) is 0 Å². The third-order valence-electron chi connectivity index (χ3n) is 1.71. The second-order valence-electron chi connectivity index (χ2n) is 7.76. The van der Waals surface area contributed by atoms with Gasteiger partial charge in [0.25, 0.3) is 0 Å². The summed E-state index contributed by atoms with van der Waals surface area (Å²) >= 11 is 0. The molecule has 0 aromatic carbocycles. The van der Waals surface area contributed by atoms with Crippen LogP contribution in [0.1, 0.15) is 62.3 Å². The molecular formula is C14H32O4Si. The smallest absolute Gasteiger partial charge is 0.307 e. The van der Waals surface area contributed by atoms with Crippen LogP contribution in [0.2, 0.25) is 0 Å². The van der Waals surface area contributed by atoms with Gasteiger partial charge in [-0.15, -0.1) is 0 Å². The number of hydrogen-bond donors (Lipinski definition) is 0. The van der Waals surface area contributed by atoms with Crippen LogP contribution < -0.4 is 0 Å². The molecule has 0 saturated heterocycles. The Morgan fingerprint density at radius 1 is 0.632 bits per heavy atom. The van der Waals surface area contributed by atoms with E-state index in [1.165, 1.54) is 0 Å². The van der Waals surface area contributed by atoms with Gasteiger partial charge in [-0.05, 0) is 62.3 Å². The summed E-state index contributed by atoms with van der Waals surface area (Å²) in [5.41, 5.74) is -1.18. The van der Waals surface area contributed by atoms with E-state index in [1.807, 2.05) is 62.3 Å². The van der Waals surface area contributed by atoms with E-state index in [0.717, 1.165) is 0 Å². The van der Waals surface area contributed by atoms with Gasteiger partial charge in [-0.1, -0.05) is 0 Å². The fourth-order valence-corrected chi connectivity index (χ4v) is 2.08. The maximum Gasteiger partial charge on any atom is 0.307 e. The summed E-state index contributed by atoms with van der Waals surface area (Å²) in [4.78, 5) is 0. The predicted molar refractivity (Wildman–Crippen MR) is 81.1 cm³/mol. The molecule has 0 N–H and O–H groups in total. The second-order valence-corrected chi connectivity index (χ2v) is 8.34. The summed E-state index contributed by atoms with van der Waals surface area (Å²) in [5.74, 6) is -1.18. The van der Waals surface area contributed by atoms with E-state index in [-0.39, 0.29) is 6.61 Å². The Balaban J connectivity index is 5.34. The summed E-state index contributed by atoms with van der Waals surface area (Å²) in [6.45, 7) is 18.1. The highest BCUT2D eigenvalue weighted by atomic mass is 28.2. The average molecular weight is 292 g/mol. The monoisotopic (exact) mass is 292 g/mol. The van der Waals surface area contributed by atoms with Crippen molar-refractivity contribution in [1.29, 1.82) is 0 Å². The van der Waals surface area contributed by atoms with E-state index in [0.29, 0.717) is 10.5 Å². The fourth-order valence-electron chi connectivity index (χ4n) is 1.73. The van der Waals surface area contributed by atoms with Gasteiger partial charge in [0.15, 0.2) is 0 Å². The first-order chi connectivity index (χ1) is 8.18. The summed E-state index contributed by atoms with van der Waals surface area (Å²) in [6.07, 6.45) is 0. The topological polar surface area (TPSA) is 36.9 Å². The second kappa shape index (κ2) is 6.22. The van der Waals surface area contributed by atoms with Crippen LogP contribution in [0.4, 0.5) is 0 Å². The molecule has 4 nitrogen and oxygen atoms in total. The van der Waals surface area contributed by atoms with Crippen LogP contribution in [0.3, 0.4) is 0 Å². The SMILES string of the molecule is CC(C)(C)OC(CO[SiH3])(OC(C)(C)C)OC(C)(C)C. The van der Waals surface area contributed by atoms with Gasteiger partial charge in [0.2, 0.25) is 0 Å². The van der Waals surface area contributed by atoms with Crippen molar-refractivity contribution in [2.45, 2.75) is 85.1 Å². The minimum atomic E-state index is -1.18. The van der Waals surface area contributed by atoms with Crippen molar-refractivity contribution in [3.8, 4) is 0 Å². The Labute approximate surface area is 121 Å². The number of hydrogen-bond acceptors (Lipinski definition) is 4. The standard InChI is InChI=1S/C14H32O4Si/c1-11(2,3)16-14(10-15-19,17-12(4,5)6)18-13(7,8)9/h10H2,1-9,19H3. The van der Waals surface area contributed by atoms with Crippen LogP contribution in [0.5, 0.6) is 0 Å². The molecule has 0 amide bonds. The normalized spacial score (nSPS) is 15.0. The first-order valence-corrected chi connectivity index (χ1v) is 7.59. The van der Waals surface area contributed by atoms with Crippen LogP contribution in [-0.4, -0.2) is 39.9 Å². The van der Waals surface area contributed by atoms with Crippen molar-refractivity contribution in [3.05, 3.63) is 0 Å². The van der Waals surface area contributed by atoms with Gasteiger partial charge < -0.3 is 18.6 Å². The van der Waals surface area contributed by atoms with Crippen molar-refractivity contribution in [3.63, 3.8) is 0 Å². The minimum Gasteiger partial charge on any atom is -0.420 e. The lowest BCUT2D eigenvalue weighted by molar-refractivity contribution is -0.452. The van der Waals surface area contributed by atoms with Gasteiger partial charge >= 0.3 is 5.97 Å². The molecule has 0 heterocycles. The van der Waals surface area contributed by atoms with Crippen LogP contribution in [0, 0.1) is 0 Å². The number of ether oxygens (including phenoxy) is 3. The van der Waals surface area contributed by atoms with Gasteiger partial charge in [-0.25, -0.2) is 0 Å². The molecule has 116 valence electrons. The van der Waals surface area contributed by atoms with E-state index in [4.69, 9.17) is 18.6 Å². The van der Waals surface area contributed by atoms with Gasteiger partial charge in [0.05, 0.1) is 16.8 Å². The highest BCUT2D eigenvalue weighted by molar-refractivity contribution is 5.97. The Hall–Kier alpha value is 0.0569. The Morgan fingerprint density at radius 2 is 0.895 bits per heavy atom. The molecule has 0 atom stereocenters. The van der Waals surface area contributed by atoms with Gasteiger partial charge in [-0.2, -0.15) is 0 Å². The summed E-state index contributed by atoms with van der Waals surface area (Å²) in [7, 11) is 0.604. The molecule has 5 heteroatoms. The molecule has 0 bridgehead atoms. The molecule has 0 rings (SSSR count). The van der Waals surface area contributed by atoms with E-state index in [1.54, 1.807) is 0 Å².